The molecule has 100 valence electrons. The lowest BCUT2D eigenvalue weighted by Gasteiger charge is -2.27. The van der Waals surface area contributed by atoms with Crippen molar-refractivity contribution in [1.29, 1.82) is 0 Å². The Kier molecular flexibility index (Phi) is 4.27. The van der Waals surface area contributed by atoms with Gasteiger partial charge in [0.15, 0.2) is 5.11 Å². The van der Waals surface area contributed by atoms with Crippen LogP contribution < -0.4 is 5.32 Å². The molecule has 1 fully saturated rings. The van der Waals surface area contributed by atoms with Crippen LogP contribution in [0.2, 0.25) is 0 Å². The van der Waals surface area contributed by atoms with Gasteiger partial charge in [-0.3, -0.25) is 14.5 Å². The Morgan fingerprint density at radius 1 is 1.21 bits per heavy atom. The number of benzene rings is 1. The van der Waals surface area contributed by atoms with E-state index in [9.17, 15) is 9.59 Å². The molecule has 0 unspecified atom stereocenters. The van der Waals surface area contributed by atoms with Gasteiger partial charge in [0.1, 0.15) is 6.42 Å². The third-order valence-electron chi connectivity index (χ3n) is 3.16. The Balaban J connectivity index is 1.95. The highest BCUT2D eigenvalue weighted by molar-refractivity contribution is 7.80. The summed E-state index contributed by atoms with van der Waals surface area (Å²) in [6.07, 6.45) is 1.63. The molecule has 0 bridgehead atoms. The molecule has 1 aromatic carbocycles. The van der Waals surface area contributed by atoms with Crippen LogP contribution in [-0.4, -0.2) is 28.4 Å². The molecule has 1 saturated heterocycles. The molecular formula is C14H16N2O2S. The maximum Gasteiger partial charge on any atom is 0.238 e. The molecule has 1 aliphatic heterocycles. The van der Waals surface area contributed by atoms with Gasteiger partial charge in [-0.1, -0.05) is 31.2 Å². The number of amides is 2. The first-order valence-corrected chi connectivity index (χ1v) is 6.73. The zero-order chi connectivity index (χ0) is 13.8. The van der Waals surface area contributed by atoms with E-state index in [-0.39, 0.29) is 23.3 Å². The van der Waals surface area contributed by atoms with Gasteiger partial charge < -0.3 is 5.32 Å². The van der Waals surface area contributed by atoms with E-state index in [0.717, 1.165) is 18.4 Å². The van der Waals surface area contributed by atoms with Gasteiger partial charge in [0.05, 0.1) is 0 Å². The molecular weight excluding hydrogens is 260 g/mol. The highest BCUT2D eigenvalue weighted by Crippen LogP contribution is 2.09. The van der Waals surface area contributed by atoms with Crippen LogP contribution in [0.25, 0.3) is 0 Å². The quantitative estimate of drug-likeness (QED) is 0.668. The fourth-order valence-electron chi connectivity index (χ4n) is 1.99. The lowest BCUT2D eigenvalue weighted by atomic mass is 10.1. The fourth-order valence-corrected chi connectivity index (χ4v) is 2.29. The fraction of sp³-hybridized carbons (Fsp3) is 0.357. The topological polar surface area (TPSA) is 49.4 Å². The van der Waals surface area contributed by atoms with Crippen molar-refractivity contribution in [3.05, 3.63) is 35.4 Å². The van der Waals surface area contributed by atoms with Crippen LogP contribution in [-0.2, 0) is 22.4 Å². The lowest BCUT2D eigenvalue weighted by Crippen LogP contribution is -2.53. The second-order valence-corrected chi connectivity index (χ2v) is 4.88. The van der Waals surface area contributed by atoms with Gasteiger partial charge in [0.25, 0.3) is 0 Å². The normalized spacial score (nSPS) is 15.6. The number of carbonyl (C=O) groups excluding carboxylic acids is 2. The molecule has 0 aliphatic carbocycles. The summed E-state index contributed by atoms with van der Waals surface area (Å²) < 4.78 is 0. The first-order chi connectivity index (χ1) is 9.10. The summed E-state index contributed by atoms with van der Waals surface area (Å²) in [7, 11) is 0. The number of nitrogens with one attached hydrogen (secondary N) is 1. The first kappa shape index (κ1) is 13.7. The van der Waals surface area contributed by atoms with E-state index in [0.29, 0.717) is 6.54 Å². The van der Waals surface area contributed by atoms with E-state index in [4.69, 9.17) is 12.2 Å². The third kappa shape index (κ3) is 3.38. The molecule has 5 heteroatoms. The van der Waals surface area contributed by atoms with Gasteiger partial charge in [0.2, 0.25) is 11.8 Å². The van der Waals surface area contributed by atoms with Gasteiger partial charge >= 0.3 is 0 Å². The molecule has 2 amide bonds. The van der Waals surface area contributed by atoms with Gasteiger partial charge in [-0.15, -0.1) is 0 Å². The number of hydrogen-bond donors (Lipinski definition) is 1. The predicted octanol–water partition coefficient (Wildman–Crippen LogP) is 1.42. The molecule has 0 atom stereocenters. The van der Waals surface area contributed by atoms with Crippen LogP contribution in [0.5, 0.6) is 0 Å². The molecule has 0 spiro atoms. The average Bonchev–Trinajstić information content (AvgIpc) is 2.38. The molecule has 2 rings (SSSR count). The van der Waals surface area contributed by atoms with E-state index < -0.39 is 0 Å². The summed E-state index contributed by atoms with van der Waals surface area (Å²) in [6.45, 7) is 2.62. The van der Waals surface area contributed by atoms with Gasteiger partial charge in [-0.2, -0.15) is 0 Å². The van der Waals surface area contributed by atoms with Crippen molar-refractivity contribution in [2.75, 3.05) is 6.54 Å². The molecule has 0 aromatic heterocycles. The van der Waals surface area contributed by atoms with Crippen molar-refractivity contribution < 1.29 is 9.59 Å². The number of rotatable bonds is 4. The number of nitrogens with zero attached hydrogens (tertiary/aromatic N) is 1. The van der Waals surface area contributed by atoms with Crippen LogP contribution in [0, 0.1) is 0 Å². The Hall–Kier alpha value is -1.75. The smallest absolute Gasteiger partial charge is 0.238 e. The highest BCUT2D eigenvalue weighted by Gasteiger charge is 2.27. The Labute approximate surface area is 117 Å². The average molecular weight is 276 g/mol. The molecule has 1 aliphatic rings. The third-order valence-corrected chi connectivity index (χ3v) is 3.48. The number of carbonyl (C=O) groups is 2. The van der Waals surface area contributed by atoms with E-state index in [1.165, 1.54) is 10.5 Å². The second kappa shape index (κ2) is 5.93. The zero-order valence-corrected chi connectivity index (χ0v) is 11.6. The van der Waals surface area contributed by atoms with E-state index in [1.807, 2.05) is 0 Å². The van der Waals surface area contributed by atoms with Crippen molar-refractivity contribution in [1.82, 2.24) is 10.2 Å². The standard InChI is InChI=1S/C14H16N2O2S/c1-2-10-3-5-11(6-4-10)7-8-16-13(18)9-12(17)15-14(16)19/h3-6H,2,7-9H2,1H3,(H,15,17,19). The molecule has 19 heavy (non-hydrogen) atoms. The van der Waals surface area contributed by atoms with Crippen LogP contribution in [0.15, 0.2) is 24.3 Å². The zero-order valence-electron chi connectivity index (χ0n) is 10.8. The maximum atomic E-state index is 11.7. The Morgan fingerprint density at radius 3 is 2.42 bits per heavy atom. The van der Waals surface area contributed by atoms with Gasteiger partial charge in [0, 0.05) is 6.54 Å². The highest BCUT2D eigenvalue weighted by atomic mass is 32.1. The van der Waals surface area contributed by atoms with Crippen LogP contribution in [0.3, 0.4) is 0 Å². The summed E-state index contributed by atoms with van der Waals surface area (Å²) in [5, 5.41) is 2.73. The largest absolute Gasteiger partial charge is 0.302 e. The Morgan fingerprint density at radius 2 is 1.84 bits per heavy atom. The van der Waals surface area contributed by atoms with Crippen LogP contribution >= 0.6 is 12.2 Å². The first-order valence-electron chi connectivity index (χ1n) is 6.32. The molecule has 0 saturated carbocycles. The number of aryl methyl sites for hydroxylation is 1. The number of hydrogen-bond acceptors (Lipinski definition) is 3. The maximum absolute atomic E-state index is 11.7. The predicted molar refractivity (Wildman–Crippen MR) is 76.6 cm³/mol. The minimum absolute atomic E-state index is 0.116. The molecule has 0 radical (unpaired) electrons. The van der Waals surface area contributed by atoms with Crippen molar-refractivity contribution >= 4 is 29.1 Å². The summed E-state index contributed by atoms with van der Waals surface area (Å²) in [5.41, 5.74) is 2.45. The molecule has 4 nitrogen and oxygen atoms in total. The summed E-state index contributed by atoms with van der Waals surface area (Å²) in [5.74, 6) is -0.544. The van der Waals surface area contributed by atoms with Crippen molar-refractivity contribution in [3.8, 4) is 0 Å². The number of thiocarbonyl (C=S) groups is 1. The molecule has 1 heterocycles. The van der Waals surface area contributed by atoms with E-state index in [2.05, 4.69) is 36.5 Å². The van der Waals surface area contributed by atoms with Gasteiger partial charge in [-0.25, -0.2) is 0 Å². The minimum Gasteiger partial charge on any atom is -0.302 e. The SMILES string of the molecule is CCc1ccc(CCN2C(=O)CC(=O)NC2=S)cc1. The van der Waals surface area contributed by atoms with Crippen LogP contribution in [0.1, 0.15) is 24.5 Å². The summed E-state index contributed by atoms with van der Waals surface area (Å²) in [6, 6.07) is 8.31. The Bertz CT molecular complexity index is 491. The second-order valence-electron chi connectivity index (χ2n) is 4.50. The minimum atomic E-state index is -0.321. The lowest BCUT2D eigenvalue weighted by molar-refractivity contribution is -0.134. The monoisotopic (exact) mass is 276 g/mol. The van der Waals surface area contributed by atoms with Crippen molar-refractivity contribution in [2.45, 2.75) is 26.2 Å². The van der Waals surface area contributed by atoms with E-state index >= 15 is 0 Å². The molecule has 1 aromatic rings. The van der Waals surface area contributed by atoms with E-state index in [1.54, 1.807) is 0 Å². The summed E-state index contributed by atoms with van der Waals surface area (Å²) in [4.78, 5) is 24.3. The van der Waals surface area contributed by atoms with Crippen LogP contribution in [0.4, 0.5) is 0 Å². The summed E-state index contributed by atoms with van der Waals surface area (Å²) >= 11 is 5.01. The molecule has 1 N–H and O–H groups in total. The van der Waals surface area contributed by atoms with Gasteiger partial charge in [-0.05, 0) is 36.2 Å². The van der Waals surface area contributed by atoms with Crippen molar-refractivity contribution in [3.63, 3.8) is 0 Å². The van der Waals surface area contributed by atoms with Crippen molar-refractivity contribution in [2.24, 2.45) is 0 Å².